The summed E-state index contributed by atoms with van der Waals surface area (Å²) >= 11 is 0. The van der Waals surface area contributed by atoms with Gasteiger partial charge in [0, 0.05) is 5.69 Å². The molecule has 0 spiro atoms. The van der Waals surface area contributed by atoms with E-state index in [1.54, 1.807) is 12.1 Å². The third-order valence-corrected chi connectivity index (χ3v) is 4.47. The lowest BCUT2D eigenvalue weighted by Crippen LogP contribution is -2.26. The fraction of sp³-hybridized carbons (Fsp3) is 0.235. The van der Waals surface area contributed by atoms with Crippen molar-refractivity contribution in [2.45, 2.75) is 25.4 Å². The number of benzene rings is 2. The van der Waals surface area contributed by atoms with Gasteiger partial charge >= 0.3 is 0 Å². The first-order valence-electron chi connectivity index (χ1n) is 7.27. The zero-order chi connectivity index (χ0) is 15.5. The highest BCUT2D eigenvalue weighted by molar-refractivity contribution is 6.07. The van der Waals surface area contributed by atoms with Gasteiger partial charge < -0.3 is 21.1 Å². The minimum absolute atomic E-state index is 0.0289. The lowest BCUT2D eigenvalue weighted by molar-refractivity contribution is -0.119. The van der Waals surface area contributed by atoms with E-state index < -0.39 is 5.41 Å². The normalized spacial score (nSPS) is 20.6. The summed E-state index contributed by atoms with van der Waals surface area (Å²) in [5.41, 5.74) is 4.36. The number of anilines is 3. The van der Waals surface area contributed by atoms with E-state index in [9.17, 15) is 9.90 Å². The third kappa shape index (κ3) is 1.75. The molecule has 0 saturated heterocycles. The Morgan fingerprint density at radius 2 is 1.64 bits per heavy atom. The number of phenolic OH excluding ortho intramolecular Hbond substituents is 1. The minimum Gasteiger partial charge on any atom is -0.508 e. The Bertz CT molecular complexity index is 781. The predicted octanol–water partition coefficient (Wildman–Crippen LogP) is 3.16. The number of fused-ring (bicyclic) bond motifs is 2. The van der Waals surface area contributed by atoms with Crippen LogP contribution < -0.4 is 16.0 Å². The molecule has 0 aromatic heterocycles. The molecular weight excluding hydrogens is 278 g/mol. The van der Waals surface area contributed by atoms with Crippen LogP contribution >= 0.6 is 0 Å². The smallest absolute Gasteiger partial charge is 0.234 e. The number of hydrogen-bond acceptors (Lipinski definition) is 4. The number of carbonyl (C=O) groups is 1. The van der Waals surface area contributed by atoms with Gasteiger partial charge in [0.1, 0.15) is 11.9 Å². The Hall–Kier alpha value is -2.69. The summed E-state index contributed by atoms with van der Waals surface area (Å²) in [5.74, 6) is 0.281. The van der Waals surface area contributed by atoms with Gasteiger partial charge in [0.05, 0.1) is 16.8 Å². The summed E-state index contributed by atoms with van der Waals surface area (Å²) in [6, 6.07) is 11.1. The van der Waals surface area contributed by atoms with Crippen molar-refractivity contribution in [1.29, 1.82) is 0 Å². The van der Waals surface area contributed by atoms with E-state index in [1.807, 2.05) is 38.1 Å². The fourth-order valence-corrected chi connectivity index (χ4v) is 3.04. The summed E-state index contributed by atoms with van der Waals surface area (Å²) in [4.78, 5) is 12.0. The number of rotatable bonds is 1. The van der Waals surface area contributed by atoms with Gasteiger partial charge in [-0.1, -0.05) is 12.1 Å². The molecule has 0 bridgehead atoms. The average molecular weight is 295 g/mol. The molecule has 0 aliphatic carbocycles. The molecule has 5 heteroatoms. The second-order valence-electron chi connectivity index (χ2n) is 6.34. The molecule has 22 heavy (non-hydrogen) atoms. The second-order valence-corrected chi connectivity index (χ2v) is 6.34. The molecule has 2 aliphatic rings. The van der Waals surface area contributed by atoms with Crippen molar-refractivity contribution in [1.82, 2.24) is 0 Å². The molecule has 2 aromatic carbocycles. The third-order valence-electron chi connectivity index (χ3n) is 4.47. The highest BCUT2D eigenvalue weighted by Crippen LogP contribution is 2.45. The van der Waals surface area contributed by atoms with Gasteiger partial charge in [-0.05, 0) is 49.2 Å². The first-order chi connectivity index (χ1) is 10.4. The van der Waals surface area contributed by atoms with Crippen molar-refractivity contribution in [2.24, 2.45) is 0 Å². The first-order valence-corrected chi connectivity index (χ1v) is 7.27. The standard InChI is InChI=1S/C17H17N3O2/c1-17(2)11-7-13-14(8-12(11)20-16(17)22)19-15(18-13)9-3-5-10(21)6-4-9/h3-8,15,18-19,21H,1-2H3,(H,20,22). The molecule has 0 saturated carbocycles. The molecule has 0 radical (unpaired) electrons. The van der Waals surface area contributed by atoms with Gasteiger partial charge in [-0.2, -0.15) is 0 Å². The minimum atomic E-state index is -0.511. The van der Waals surface area contributed by atoms with Crippen LogP contribution in [0.15, 0.2) is 36.4 Å². The average Bonchev–Trinajstić information content (AvgIpc) is 2.98. The number of carbonyl (C=O) groups excluding carboxylic acids is 1. The largest absolute Gasteiger partial charge is 0.508 e. The van der Waals surface area contributed by atoms with Crippen molar-refractivity contribution >= 4 is 23.0 Å². The molecule has 0 fully saturated rings. The number of nitrogens with one attached hydrogen (secondary N) is 3. The number of aromatic hydroxyl groups is 1. The Kier molecular flexibility index (Phi) is 2.46. The van der Waals surface area contributed by atoms with E-state index in [-0.39, 0.29) is 17.8 Å². The predicted molar refractivity (Wildman–Crippen MR) is 86.2 cm³/mol. The van der Waals surface area contributed by atoms with Crippen molar-refractivity contribution in [2.75, 3.05) is 16.0 Å². The van der Waals surface area contributed by atoms with E-state index in [2.05, 4.69) is 16.0 Å². The maximum atomic E-state index is 12.0. The van der Waals surface area contributed by atoms with E-state index in [0.717, 1.165) is 28.2 Å². The zero-order valence-corrected chi connectivity index (χ0v) is 12.4. The van der Waals surface area contributed by atoms with E-state index in [0.29, 0.717) is 0 Å². The molecule has 5 nitrogen and oxygen atoms in total. The maximum absolute atomic E-state index is 12.0. The van der Waals surface area contributed by atoms with Gasteiger partial charge in [0.25, 0.3) is 0 Å². The fourth-order valence-electron chi connectivity index (χ4n) is 3.04. The molecule has 1 atom stereocenters. The molecule has 2 heterocycles. The highest BCUT2D eigenvalue weighted by Gasteiger charge is 2.39. The Labute approximate surface area is 128 Å². The lowest BCUT2D eigenvalue weighted by atomic mass is 9.86. The van der Waals surface area contributed by atoms with Crippen molar-refractivity contribution in [3.05, 3.63) is 47.5 Å². The van der Waals surface area contributed by atoms with Gasteiger partial charge in [0.2, 0.25) is 5.91 Å². The summed E-state index contributed by atoms with van der Waals surface area (Å²) in [5, 5.41) is 19.1. The Morgan fingerprint density at radius 3 is 2.32 bits per heavy atom. The molecule has 4 N–H and O–H groups in total. The Balaban J connectivity index is 1.69. The molecule has 2 aliphatic heterocycles. The lowest BCUT2D eigenvalue weighted by Gasteiger charge is -2.15. The quantitative estimate of drug-likeness (QED) is 0.652. The summed E-state index contributed by atoms with van der Waals surface area (Å²) in [6.07, 6.45) is -0.0445. The van der Waals surface area contributed by atoms with Crippen LogP contribution in [-0.2, 0) is 10.2 Å². The highest BCUT2D eigenvalue weighted by atomic mass is 16.3. The van der Waals surface area contributed by atoms with Crippen LogP contribution in [0.2, 0.25) is 0 Å². The van der Waals surface area contributed by atoms with E-state index in [4.69, 9.17) is 0 Å². The monoisotopic (exact) mass is 295 g/mol. The summed E-state index contributed by atoms with van der Waals surface area (Å²) in [6.45, 7) is 3.86. The van der Waals surface area contributed by atoms with Crippen LogP contribution in [0, 0.1) is 0 Å². The molecule has 4 rings (SSSR count). The number of hydrogen-bond donors (Lipinski definition) is 4. The number of amides is 1. The van der Waals surface area contributed by atoms with E-state index >= 15 is 0 Å². The molecule has 2 aromatic rings. The summed E-state index contributed by atoms with van der Waals surface area (Å²) in [7, 11) is 0. The molecular formula is C17H17N3O2. The SMILES string of the molecule is CC1(C)C(=O)Nc2cc3c(cc21)NC(c1ccc(O)cc1)N3. The molecule has 112 valence electrons. The first kappa shape index (κ1) is 13.0. The van der Waals surface area contributed by atoms with Crippen molar-refractivity contribution in [3.8, 4) is 5.75 Å². The van der Waals surface area contributed by atoms with Gasteiger partial charge in [-0.3, -0.25) is 4.79 Å². The van der Waals surface area contributed by atoms with Crippen molar-refractivity contribution in [3.63, 3.8) is 0 Å². The second kappa shape index (κ2) is 4.16. The van der Waals surface area contributed by atoms with Crippen LogP contribution in [0.4, 0.5) is 17.1 Å². The maximum Gasteiger partial charge on any atom is 0.234 e. The Morgan fingerprint density at radius 1 is 1.00 bits per heavy atom. The van der Waals surface area contributed by atoms with Crippen LogP contribution in [0.25, 0.3) is 0 Å². The van der Waals surface area contributed by atoms with Crippen LogP contribution in [-0.4, -0.2) is 11.0 Å². The van der Waals surface area contributed by atoms with Crippen LogP contribution in [0.5, 0.6) is 5.75 Å². The van der Waals surface area contributed by atoms with Crippen LogP contribution in [0.3, 0.4) is 0 Å². The zero-order valence-electron chi connectivity index (χ0n) is 12.4. The molecule has 1 amide bonds. The van der Waals surface area contributed by atoms with Gasteiger partial charge in [-0.25, -0.2) is 0 Å². The van der Waals surface area contributed by atoms with Gasteiger partial charge in [0.15, 0.2) is 0 Å². The van der Waals surface area contributed by atoms with Crippen LogP contribution in [0.1, 0.15) is 31.1 Å². The summed E-state index contributed by atoms with van der Waals surface area (Å²) < 4.78 is 0. The van der Waals surface area contributed by atoms with Gasteiger partial charge in [-0.15, -0.1) is 0 Å². The topological polar surface area (TPSA) is 73.4 Å². The number of phenols is 1. The van der Waals surface area contributed by atoms with Crippen molar-refractivity contribution < 1.29 is 9.90 Å². The molecule has 1 unspecified atom stereocenters. The van der Waals surface area contributed by atoms with E-state index in [1.165, 1.54) is 0 Å².